The number of carbonyl (C=O) groups is 4. The number of cyclic esters (lactones) is 1. The van der Waals surface area contributed by atoms with Gasteiger partial charge in [-0.05, 0) is 120 Å². The molecule has 4 heterocycles. The number of hydrogen-bond donors (Lipinski definition) is 3. The van der Waals surface area contributed by atoms with E-state index in [4.69, 9.17) is 23.7 Å². The van der Waals surface area contributed by atoms with Gasteiger partial charge in [0, 0.05) is 81.9 Å². The second-order valence-electron chi connectivity index (χ2n) is 20.2. The van der Waals surface area contributed by atoms with E-state index in [0.29, 0.717) is 44.1 Å². The number of ketones is 2. The second kappa shape index (κ2) is 23.0. The summed E-state index contributed by atoms with van der Waals surface area (Å²) in [5.74, 6) is -7.64. The third-order valence-electron chi connectivity index (χ3n) is 15.1. The standard InChI is InChI=1S/C53H77N3O11/c1-11-14-38-24-31(2)23-32(3)25-46(64-9)49-47(65-10)27-34(5)53(62,67-49)50(59)51(60)56-21-13-12-15-42(56)52(61)66-48(35(6)43(57)30-44(38)58)33(4)26-36-16-18-40(45(28-36)63-8)54-39-17-19-41-37(29-39)20-22-55(41)7/h11,17,19-20,22,24,26,29,32,34-36,38,40,42-43,45-49,54,57,62H,1,12-16,18,21,23,25,27-28,30H2,2-10H3/b31-24+,33-26?. The number of nitrogens with zero attached hydrogens (tertiary/aromatic N) is 2. The third kappa shape index (κ3) is 12.0. The monoisotopic (exact) mass is 932 g/mol. The molecule has 370 valence electrons. The Morgan fingerprint density at radius 1 is 0.955 bits per heavy atom. The van der Waals surface area contributed by atoms with Crippen molar-refractivity contribution in [2.45, 2.75) is 160 Å². The molecule has 3 fully saturated rings. The number of aromatic nitrogens is 1. The second-order valence-corrected chi connectivity index (χ2v) is 20.2. The number of ether oxygens (including phenoxy) is 5. The van der Waals surface area contributed by atoms with Gasteiger partial charge < -0.3 is 48.7 Å². The molecule has 67 heavy (non-hydrogen) atoms. The maximum atomic E-state index is 14.6. The highest BCUT2D eigenvalue weighted by atomic mass is 16.7. The van der Waals surface area contributed by atoms with Gasteiger partial charge in [-0.25, -0.2) is 4.79 Å². The van der Waals surface area contributed by atoms with Gasteiger partial charge in [-0.3, -0.25) is 14.4 Å². The number of aryl methyl sites for hydroxylation is 1. The molecule has 1 aliphatic carbocycles. The molecular weight excluding hydrogens is 855 g/mol. The highest BCUT2D eigenvalue weighted by Crippen LogP contribution is 2.40. The smallest absolute Gasteiger partial charge is 0.329 e. The molecule has 14 unspecified atom stereocenters. The van der Waals surface area contributed by atoms with Crippen molar-refractivity contribution in [1.29, 1.82) is 0 Å². The zero-order valence-electron chi connectivity index (χ0n) is 41.3. The number of hydrogen-bond acceptors (Lipinski definition) is 12. The van der Waals surface area contributed by atoms with Crippen LogP contribution in [0.2, 0.25) is 0 Å². The highest BCUT2D eigenvalue weighted by molar-refractivity contribution is 6.39. The summed E-state index contributed by atoms with van der Waals surface area (Å²) in [6.45, 7) is 13.3. The van der Waals surface area contributed by atoms with E-state index in [1.807, 2.05) is 33.2 Å². The van der Waals surface area contributed by atoms with Gasteiger partial charge in [0.1, 0.15) is 24.0 Å². The number of allylic oxidation sites excluding steroid dienone is 4. The summed E-state index contributed by atoms with van der Waals surface area (Å²) in [5.41, 5.74) is 3.84. The van der Waals surface area contributed by atoms with Gasteiger partial charge in [0.2, 0.25) is 5.79 Å². The minimum Gasteiger partial charge on any atom is -0.456 e. The average Bonchev–Trinajstić information content (AvgIpc) is 3.68. The summed E-state index contributed by atoms with van der Waals surface area (Å²) >= 11 is 0. The number of aliphatic hydroxyl groups excluding tert-OH is 1. The number of aliphatic hydroxyl groups is 2. The van der Waals surface area contributed by atoms with Gasteiger partial charge in [0.15, 0.2) is 0 Å². The van der Waals surface area contributed by atoms with Crippen LogP contribution in [-0.2, 0) is 49.9 Å². The number of methoxy groups -OCH3 is 3. The molecule has 2 aromatic rings. The number of carbonyl (C=O) groups excluding carboxylic acids is 4. The number of nitrogens with one attached hydrogen (secondary N) is 1. The number of fused-ring (bicyclic) bond motifs is 4. The fourth-order valence-electron chi connectivity index (χ4n) is 11.2. The minimum atomic E-state index is -2.51. The molecule has 3 aliphatic heterocycles. The Bertz CT molecular complexity index is 2130. The molecule has 0 radical (unpaired) electrons. The molecule has 3 N–H and O–H groups in total. The molecule has 14 heteroatoms. The fraction of sp³-hybridized carbons (Fsp3) is 0.660. The minimum absolute atomic E-state index is 0.00849. The number of Topliss-reactive ketones (excluding diaryl/α,β-unsaturated/α-hetero) is 2. The zero-order chi connectivity index (χ0) is 48.7. The SMILES string of the molecule is C=CCC1/C=C(\C)CC(C)CC(OC)C2OC(O)(C(=O)C(=O)N3CCCCC3C(=O)OC(C(C)=CC3CCC(Nc4ccc5c(ccn5C)c4)C(OC)C3)C(C)C(O)CC1=O)C(C)CC2OC. The van der Waals surface area contributed by atoms with Crippen molar-refractivity contribution >= 4 is 40.0 Å². The number of esters is 1. The van der Waals surface area contributed by atoms with Gasteiger partial charge in [-0.1, -0.05) is 44.6 Å². The van der Waals surface area contributed by atoms with Crippen molar-refractivity contribution in [3.63, 3.8) is 0 Å². The van der Waals surface area contributed by atoms with Crippen LogP contribution < -0.4 is 5.32 Å². The summed E-state index contributed by atoms with van der Waals surface area (Å²) in [4.78, 5) is 58.7. The summed E-state index contributed by atoms with van der Waals surface area (Å²) in [7, 11) is 6.82. The largest absolute Gasteiger partial charge is 0.456 e. The first-order valence-electron chi connectivity index (χ1n) is 24.5. The van der Waals surface area contributed by atoms with E-state index in [2.05, 4.69) is 53.7 Å². The normalized spacial score (nSPS) is 36.6. The third-order valence-corrected chi connectivity index (χ3v) is 15.1. The summed E-state index contributed by atoms with van der Waals surface area (Å²) in [6, 6.07) is 7.36. The van der Waals surface area contributed by atoms with E-state index in [-0.39, 0.29) is 55.6 Å². The molecule has 14 nitrogen and oxygen atoms in total. The number of benzene rings is 1. The lowest BCUT2D eigenvalue weighted by atomic mass is 9.80. The van der Waals surface area contributed by atoms with E-state index in [9.17, 15) is 29.4 Å². The van der Waals surface area contributed by atoms with Crippen LogP contribution in [0.3, 0.4) is 0 Å². The van der Waals surface area contributed by atoms with E-state index in [0.717, 1.165) is 35.0 Å². The van der Waals surface area contributed by atoms with Gasteiger partial charge >= 0.3 is 5.97 Å². The molecule has 2 bridgehead atoms. The predicted molar refractivity (Wildman–Crippen MR) is 257 cm³/mol. The molecule has 4 aliphatic rings. The van der Waals surface area contributed by atoms with Crippen LogP contribution in [0.5, 0.6) is 0 Å². The van der Waals surface area contributed by atoms with Crippen molar-refractivity contribution < 1.29 is 53.1 Å². The summed E-state index contributed by atoms with van der Waals surface area (Å²) in [5, 5.41) is 28.9. The molecule has 6 rings (SSSR count). The lowest BCUT2D eigenvalue weighted by Gasteiger charge is -2.47. The van der Waals surface area contributed by atoms with Crippen LogP contribution in [0.1, 0.15) is 105 Å². The van der Waals surface area contributed by atoms with Crippen molar-refractivity contribution in [3.8, 4) is 0 Å². The lowest BCUT2D eigenvalue weighted by molar-refractivity contribution is -0.302. The van der Waals surface area contributed by atoms with E-state index >= 15 is 0 Å². The van der Waals surface area contributed by atoms with Gasteiger partial charge in [0.05, 0.1) is 30.5 Å². The van der Waals surface area contributed by atoms with Crippen LogP contribution in [-0.4, -0.2) is 125 Å². The molecule has 1 aromatic heterocycles. The Balaban J connectivity index is 1.31. The van der Waals surface area contributed by atoms with Crippen LogP contribution in [0, 0.1) is 29.6 Å². The van der Waals surface area contributed by atoms with Crippen molar-refractivity contribution in [3.05, 3.63) is 66.4 Å². The van der Waals surface area contributed by atoms with Gasteiger partial charge in [-0.2, -0.15) is 0 Å². The van der Waals surface area contributed by atoms with Crippen LogP contribution in [0.25, 0.3) is 10.9 Å². The predicted octanol–water partition coefficient (Wildman–Crippen LogP) is 7.25. The molecule has 2 saturated heterocycles. The molecular formula is C53H77N3O11. The number of amides is 1. The summed E-state index contributed by atoms with van der Waals surface area (Å²) < 4.78 is 32.7. The number of piperidine rings is 1. The van der Waals surface area contributed by atoms with Crippen LogP contribution in [0.15, 0.2) is 66.4 Å². The maximum absolute atomic E-state index is 14.6. The first kappa shape index (κ1) is 52.2. The molecule has 14 atom stereocenters. The summed E-state index contributed by atoms with van der Waals surface area (Å²) in [6.07, 6.45) is 8.58. The molecule has 1 saturated carbocycles. The Hall–Kier alpha value is -4.18. The molecule has 1 aromatic carbocycles. The molecule has 1 amide bonds. The Morgan fingerprint density at radius 2 is 1.67 bits per heavy atom. The van der Waals surface area contributed by atoms with E-state index in [1.54, 1.807) is 27.0 Å². The van der Waals surface area contributed by atoms with Crippen LogP contribution >= 0.6 is 0 Å². The van der Waals surface area contributed by atoms with Crippen molar-refractivity contribution in [2.75, 3.05) is 33.2 Å². The average molecular weight is 932 g/mol. The molecule has 0 spiro atoms. The van der Waals surface area contributed by atoms with E-state index < -0.39 is 77.8 Å². The zero-order valence-corrected chi connectivity index (χ0v) is 41.3. The van der Waals surface area contributed by atoms with E-state index in [1.165, 1.54) is 19.1 Å². The topological polar surface area (TPSA) is 175 Å². The van der Waals surface area contributed by atoms with Crippen LogP contribution in [0.4, 0.5) is 5.69 Å². The number of rotatable bonds is 9. The van der Waals surface area contributed by atoms with Gasteiger partial charge in [0.25, 0.3) is 11.7 Å². The first-order valence-corrected chi connectivity index (χ1v) is 24.5. The lowest BCUT2D eigenvalue weighted by Crippen LogP contribution is -2.64. The Morgan fingerprint density at radius 3 is 2.37 bits per heavy atom. The number of anilines is 1. The Kier molecular flexibility index (Phi) is 17.9. The fourth-order valence-corrected chi connectivity index (χ4v) is 11.2. The highest BCUT2D eigenvalue weighted by Gasteiger charge is 2.56. The first-order chi connectivity index (χ1) is 31.9. The van der Waals surface area contributed by atoms with Gasteiger partial charge in [-0.15, -0.1) is 6.58 Å². The van der Waals surface area contributed by atoms with Crippen molar-refractivity contribution in [1.82, 2.24) is 9.47 Å². The quantitative estimate of drug-likeness (QED) is 0.131. The maximum Gasteiger partial charge on any atom is 0.329 e. The van der Waals surface area contributed by atoms with Crippen molar-refractivity contribution in [2.24, 2.45) is 36.6 Å². The Labute approximate surface area is 397 Å².